The lowest BCUT2D eigenvalue weighted by Crippen LogP contribution is -2.39. The van der Waals surface area contributed by atoms with Crippen molar-refractivity contribution in [2.75, 3.05) is 13.1 Å². The van der Waals surface area contributed by atoms with Gasteiger partial charge in [0.2, 0.25) is 0 Å². The van der Waals surface area contributed by atoms with Gasteiger partial charge in [0, 0.05) is 30.8 Å². The van der Waals surface area contributed by atoms with Gasteiger partial charge in [-0.15, -0.1) is 0 Å². The van der Waals surface area contributed by atoms with Gasteiger partial charge in [-0.2, -0.15) is 0 Å². The van der Waals surface area contributed by atoms with Crippen LogP contribution in [0.2, 0.25) is 0 Å². The van der Waals surface area contributed by atoms with Gasteiger partial charge in [-0.05, 0) is 35.9 Å². The first-order chi connectivity index (χ1) is 12.3. The van der Waals surface area contributed by atoms with Crippen LogP contribution in [0.15, 0.2) is 66.9 Å². The van der Waals surface area contributed by atoms with E-state index in [1.807, 2.05) is 35.2 Å². The molecule has 1 amide bonds. The van der Waals surface area contributed by atoms with E-state index >= 15 is 0 Å². The smallest absolute Gasteiger partial charge is 0.410 e. The van der Waals surface area contributed by atoms with Crippen LogP contribution in [0.25, 0.3) is 10.9 Å². The summed E-state index contributed by atoms with van der Waals surface area (Å²) in [5.41, 5.74) is 2.29. The van der Waals surface area contributed by atoms with Gasteiger partial charge in [0.25, 0.3) is 0 Å². The summed E-state index contributed by atoms with van der Waals surface area (Å²) in [6, 6.07) is 20.9. The lowest BCUT2D eigenvalue weighted by atomic mass is 10.1. The van der Waals surface area contributed by atoms with Gasteiger partial charge in [0.15, 0.2) is 0 Å². The van der Waals surface area contributed by atoms with Crippen LogP contribution in [0.1, 0.15) is 24.4 Å². The maximum absolute atomic E-state index is 12.3. The predicted molar refractivity (Wildman–Crippen MR) is 98.4 cm³/mol. The Kier molecular flexibility index (Phi) is 4.42. The number of amides is 1. The number of ether oxygens (including phenoxy) is 1. The zero-order chi connectivity index (χ0) is 17.1. The first-order valence-electron chi connectivity index (χ1n) is 8.82. The normalized spacial score (nSPS) is 15.4. The van der Waals surface area contributed by atoms with Gasteiger partial charge in [0.1, 0.15) is 6.61 Å². The SMILES string of the molecule is O=C(OCc1ccccc1)N1CCC(n2ccc3ccccc32)CC1. The molecular formula is C21H22N2O2. The minimum absolute atomic E-state index is 0.209. The fourth-order valence-electron chi connectivity index (χ4n) is 3.56. The Morgan fingerprint density at radius 3 is 2.48 bits per heavy atom. The third kappa shape index (κ3) is 3.38. The molecule has 4 nitrogen and oxygen atoms in total. The summed E-state index contributed by atoms with van der Waals surface area (Å²) < 4.78 is 7.79. The second-order valence-electron chi connectivity index (χ2n) is 6.54. The summed E-state index contributed by atoms with van der Waals surface area (Å²) in [4.78, 5) is 14.1. The zero-order valence-corrected chi connectivity index (χ0v) is 14.2. The number of aromatic nitrogens is 1. The zero-order valence-electron chi connectivity index (χ0n) is 14.2. The van der Waals surface area contributed by atoms with Crippen molar-refractivity contribution in [2.24, 2.45) is 0 Å². The molecule has 1 fully saturated rings. The predicted octanol–water partition coefficient (Wildman–Crippen LogP) is 4.62. The van der Waals surface area contributed by atoms with E-state index in [4.69, 9.17) is 4.74 Å². The molecule has 0 N–H and O–H groups in total. The Bertz CT molecular complexity index is 848. The molecule has 0 unspecified atom stereocenters. The fraction of sp³-hybridized carbons (Fsp3) is 0.286. The minimum Gasteiger partial charge on any atom is -0.445 e. The Morgan fingerprint density at radius 1 is 0.960 bits per heavy atom. The first kappa shape index (κ1) is 15.8. The number of nitrogens with zero attached hydrogens (tertiary/aromatic N) is 2. The van der Waals surface area contributed by atoms with E-state index in [1.54, 1.807) is 0 Å². The van der Waals surface area contributed by atoms with Gasteiger partial charge >= 0.3 is 6.09 Å². The molecule has 4 heteroatoms. The highest BCUT2D eigenvalue weighted by molar-refractivity contribution is 5.80. The van der Waals surface area contributed by atoms with Gasteiger partial charge < -0.3 is 14.2 Å². The summed E-state index contributed by atoms with van der Waals surface area (Å²) in [6.45, 7) is 1.82. The van der Waals surface area contributed by atoms with Crippen LogP contribution in [-0.2, 0) is 11.3 Å². The largest absolute Gasteiger partial charge is 0.445 e. The molecule has 2 aromatic carbocycles. The number of rotatable bonds is 3. The van der Waals surface area contributed by atoms with Crippen LogP contribution in [0, 0.1) is 0 Å². The minimum atomic E-state index is -0.209. The lowest BCUT2D eigenvalue weighted by molar-refractivity contribution is 0.0834. The first-order valence-corrected chi connectivity index (χ1v) is 8.82. The number of benzene rings is 2. The molecule has 0 bridgehead atoms. The highest BCUT2D eigenvalue weighted by Gasteiger charge is 2.25. The molecule has 128 valence electrons. The summed E-state index contributed by atoms with van der Waals surface area (Å²) in [6.07, 6.45) is 3.87. The summed E-state index contributed by atoms with van der Waals surface area (Å²) in [5.74, 6) is 0. The Labute approximate surface area is 147 Å². The number of piperidine rings is 1. The van der Waals surface area contributed by atoms with E-state index in [2.05, 4.69) is 41.1 Å². The van der Waals surface area contributed by atoms with Crippen molar-refractivity contribution in [2.45, 2.75) is 25.5 Å². The second kappa shape index (κ2) is 7.01. The van der Waals surface area contributed by atoms with Gasteiger partial charge in [-0.1, -0.05) is 48.5 Å². The van der Waals surface area contributed by atoms with Crippen LogP contribution in [0.3, 0.4) is 0 Å². The molecular weight excluding hydrogens is 312 g/mol. The maximum atomic E-state index is 12.3. The van der Waals surface area contributed by atoms with Crippen molar-refractivity contribution in [3.05, 3.63) is 72.4 Å². The number of likely N-dealkylation sites (tertiary alicyclic amines) is 1. The molecule has 1 aliphatic rings. The Hall–Kier alpha value is -2.75. The molecule has 0 spiro atoms. The average Bonchev–Trinajstić information content (AvgIpc) is 3.11. The van der Waals surface area contributed by atoms with Crippen LogP contribution in [0.5, 0.6) is 0 Å². The van der Waals surface area contributed by atoms with Gasteiger partial charge in [-0.25, -0.2) is 4.79 Å². The van der Waals surface area contributed by atoms with E-state index in [1.165, 1.54) is 10.9 Å². The topological polar surface area (TPSA) is 34.5 Å². The molecule has 2 heterocycles. The quantitative estimate of drug-likeness (QED) is 0.701. The number of hydrogen-bond acceptors (Lipinski definition) is 2. The Balaban J connectivity index is 1.34. The summed E-state index contributed by atoms with van der Waals surface area (Å²) >= 11 is 0. The van der Waals surface area contributed by atoms with E-state index in [0.717, 1.165) is 31.5 Å². The van der Waals surface area contributed by atoms with Crippen molar-refractivity contribution >= 4 is 17.0 Å². The molecule has 0 radical (unpaired) electrons. The van der Waals surface area contributed by atoms with Crippen molar-refractivity contribution in [1.29, 1.82) is 0 Å². The van der Waals surface area contributed by atoms with Crippen LogP contribution < -0.4 is 0 Å². The standard InChI is InChI=1S/C21H22N2O2/c24-21(25-16-17-6-2-1-3-7-17)22-13-11-19(12-14-22)23-15-10-18-8-4-5-9-20(18)23/h1-10,15,19H,11-14,16H2. The van der Waals surface area contributed by atoms with Gasteiger partial charge in [0.05, 0.1) is 0 Å². The molecule has 0 saturated carbocycles. The van der Waals surface area contributed by atoms with E-state index < -0.39 is 0 Å². The van der Waals surface area contributed by atoms with Gasteiger partial charge in [-0.3, -0.25) is 0 Å². The Morgan fingerprint density at radius 2 is 1.68 bits per heavy atom. The number of fused-ring (bicyclic) bond motifs is 1. The molecule has 1 saturated heterocycles. The number of carbonyl (C=O) groups excluding carboxylic acids is 1. The van der Waals surface area contributed by atoms with E-state index in [0.29, 0.717) is 12.6 Å². The van der Waals surface area contributed by atoms with Crippen molar-refractivity contribution in [3.63, 3.8) is 0 Å². The van der Waals surface area contributed by atoms with Crippen LogP contribution in [-0.4, -0.2) is 28.6 Å². The number of carbonyl (C=O) groups is 1. The highest BCUT2D eigenvalue weighted by Crippen LogP contribution is 2.28. The molecule has 1 aliphatic heterocycles. The molecule has 25 heavy (non-hydrogen) atoms. The third-order valence-corrected chi connectivity index (χ3v) is 4.95. The summed E-state index contributed by atoms with van der Waals surface area (Å²) in [7, 11) is 0. The maximum Gasteiger partial charge on any atom is 0.410 e. The number of para-hydroxylation sites is 1. The second-order valence-corrected chi connectivity index (χ2v) is 6.54. The molecule has 1 aromatic heterocycles. The molecule has 0 atom stereocenters. The van der Waals surface area contributed by atoms with Crippen LogP contribution >= 0.6 is 0 Å². The highest BCUT2D eigenvalue weighted by atomic mass is 16.6. The molecule has 4 rings (SSSR count). The van der Waals surface area contributed by atoms with Crippen molar-refractivity contribution in [1.82, 2.24) is 9.47 Å². The average molecular weight is 334 g/mol. The molecule has 3 aromatic rings. The third-order valence-electron chi connectivity index (χ3n) is 4.95. The monoisotopic (exact) mass is 334 g/mol. The van der Waals surface area contributed by atoms with E-state index in [-0.39, 0.29) is 6.09 Å². The van der Waals surface area contributed by atoms with Crippen molar-refractivity contribution < 1.29 is 9.53 Å². The van der Waals surface area contributed by atoms with Crippen molar-refractivity contribution in [3.8, 4) is 0 Å². The number of hydrogen-bond donors (Lipinski definition) is 0. The molecule has 0 aliphatic carbocycles. The fourth-order valence-corrected chi connectivity index (χ4v) is 3.56. The lowest BCUT2D eigenvalue weighted by Gasteiger charge is -2.32. The van der Waals surface area contributed by atoms with Crippen LogP contribution in [0.4, 0.5) is 4.79 Å². The van der Waals surface area contributed by atoms with E-state index in [9.17, 15) is 4.79 Å². The summed E-state index contributed by atoms with van der Waals surface area (Å²) in [5, 5.41) is 1.27.